The Labute approximate surface area is 115 Å². The summed E-state index contributed by atoms with van der Waals surface area (Å²) in [4.78, 5) is 2.33. The zero-order valence-corrected chi connectivity index (χ0v) is 12.5. The minimum atomic E-state index is 0.617. The van der Waals surface area contributed by atoms with Crippen LogP contribution in [0.15, 0.2) is 30.6 Å². The third kappa shape index (κ3) is 2.50. The molecule has 1 aromatic carbocycles. The Morgan fingerprint density at radius 1 is 1.16 bits per heavy atom. The molecule has 0 unspecified atom stereocenters. The number of nitrogens with zero attached hydrogens (tertiary/aromatic N) is 3. The Bertz CT molecular complexity index is 557. The van der Waals surface area contributed by atoms with Gasteiger partial charge in [0.05, 0.1) is 6.20 Å². The summed E-state index contributed by atoms with van der Waals surface area (Å²) in [7, 11) is 4.11. The van der Waals surface area contributed by atoms with Gasteiger partial charge < -0.3 is 4.90 Å². The van der Waals surface area contributed by atoms with Gasteiger partial charge in [-0.05, 0) is 23.3 Å². The molecular weight excluding hydrogens is 234 g/mol. The highest BCUT2D eigenvalue weighted by atomic mass is 15.2. The summed E-state index contributed by atoms with van der Waals surface area (Å²) in [6.07, 6.45) is 3.98. The largest absolute Gasteiger partial charge is 0.374 e. The molecular formula is C16H23N3. The highest BCUT2D eigenvalue weighted by Gasteiger charge is 2.23. The summed E-state index contributed by atoms with van der Waals surface area (Å²) in [5.41, 5.74) is 5.27. The van der Waals surface area contributed by atoms with E-state index in [1.807, 2.05) is 31.8 Å². The first-order valence-electron chi connectivity index (χ1n) is 6.99. The van der Waals surface area contributed by atoms with Gasteiger partial charge in [0.2, 0.25) is 0 Å². The average molecular weight is 257 g/mol. The first-order chi connectivity index (χ1) is 9.15. The smallest absolute Gasteiger partial charge is 0.0568 e. The molecule has 102 valence electrons. The number of aromatic nitrogens is 2. The van der Waals surface area contributed by atoms with E-state index in [9.17, 15) is 0 Å². The molecule has 0 aliphatic carbocycles. The molecule has 1 aromatic heterocycles. The molecule has 0 amide bonds. The molecule has 0 radical (unpaired) electrons. The predicted octanol–water partition coefficient (Wildman–Crippen LogP) is 3.67. The van der Waals surface area contributed by atoms with Crippen LogP contribution >= 0.6 is 0 Å². The summed E-state index contributed by atoms with van der Waals surface area (Å²) in [5, 5.41) is 4.23. The van der Waals surface area contributed by atoms with Gasteiger partial charge in [0.15, 0.2) is 0 Å². The van der Waals surface area contributed by atoms with Crippen LogP contribution in [0.3, 0.4) is 0 Å². The van der Waals surface area contributed by atoms with Gasteiger partial charge in [-0.3, -0.25) is 4.68 Å². The van der Waals surface area contributed by atoms with Crippen molar-refractivity contribution in [3.8, 4) is 11.1 Å². The molecule has 19 heavy (non-hydrogen) atoms. The Balaban J connectivity index is 0.000000637. The van der Waals surface area contributed by atoms with Crippen LogP contribution in [0, 0.1) is 0 Å². The van der Waals surface area contributed by atoms with E-state index in [4.69, 9.17) is 0 Å². The van der Waals surface area contributed by atoms with Crippen LogP contribution in [-0.2, 0) is 7.05 Å². The van der Waals surface area contributed by atoms with Crippen LogP contribution < -0.4 is 4.90 Å². The van der Waals surface area contributed by atoms with Gasteiger partial charge in [0.25, 0.3) is 0 Å². The Morgan fingerprint density at radius 3 is 2.53 bits per heavy atom. The van der Waals surface area contributed by atoms with Crippen LogP contribution in [0.1, 0.15) is 32.3 Å². The highest BCUT2D eigenvalue weighted by molar-refractivity contribution is 5.70. The van der Waals surface area contributed by atoms with Crippen molar-refractivity contribution in [3.05, 3.63) is 36.2 Å². The summed E-state index contributed by atoms with van der Waals surface area (Å²) in [6, 6.07) is 6.71. The molecule has 1 aliphatic heterocycles. The number of hydrogen-bond acceptors (Lipinski definition) is 2. The SMILES string of the molecule is CC.C[C@H]1CN(C)c2ccc(-c3cnn(C)c3)cc21. The van der Waals surface area contributed by atoms with Gasteiger partial charge in [-0.15, -0.1) is 0 Å². The fourth-order valence-electron chi connectivity index (χ4n) is 2.65. The van der Waals surface area contributed by atoms with Gasteiger partial charge in [-0.25, -0.2) is 0 Å². The van der Waals surface area contributed by atoms with Crippen molar-refractivity contribution >= 4 is 5.69 Å². The Hall–Kier alpha value is -1.77. The van der Waals surface area contributed by atoms with E-state index in [1.54, 1.807) is 0 Å². The molecule has 3 rings (SSSR count). The third-order valence-electron chi connectivity index (χ3n) is 3.56. The molecule has 1 atom stereocenters. The lowest BCUT2D eigenvalue weighted by Gasteiger charge is -2.11. The van der Waals surface area contributed by atoms with Crippen molar-refractivity contribution in [1.82, 2.24) is 9.78 Å². The van der Waals surface area contributed by atoms with Crippen LogP contribution in [0.2, 0.25) is 0 Å². The fraction of sp³-hybridized carbons (Fsp3) is 0.438. The third-order valence-corrected chi connectivity index (χ3v) is 3.56. The van der Waals surface area contributed by atoms with E-state index in [0.29, 0.717) is 5.92 Å². The van der Waals surface area contributed by atoms with Crippen LogP contribution in [0.25, 0.3) is 11.1 Å². The van der Waals surface area contributed by atoms with Crippen molar-refractivity contribution in [1.29, 1.82) is 0 Å². The first kappa shape index (κ1) is 13.7. The topological polar surface area (TPSA) is 21.1 Å². The lowest BCUT2D eigenvalue weighted by molar-refractivity contribution is 0.768. The normalized spacial score (nSPS) is 16.9. The maximum Gasteiger partial charge on any atom is 0.0568 e. The van der Waals surface area contributed by atoms with Crippen molar-refractivity contribution in [2.75, 3.05) is 18.5 Å². The molecule has 0 bridgehead atoms. The second-order valence-electron chi connectivity index (χ2n) is 4.96. The molecule has 1 aliphatic rings. The molecule has 3 heteroatoms. The number of hydrogen-bond donors (Lipinski definition) is 0. The van der Waals surface area contributed by atoms with Crippen molar-refractivity contribution < 1.29 is 0 Å². The molecule has 0 N–H and O–H groups in total. The number of benzene rings is 1. The predicted molar refractivity (Wildman–Crippen MR) is 81.7 cm³/mol. The lowest BCUT2D eigenvalue weighted by atomic mass is 9.99. The summed E-state index contributed by atoms with van der Waals surface area (Å²) >= 11 is 0. The second-order valence-corrected chi connectivity index (χ2v) is 4.96. The quantitative estimate of drug-likeness (QED) is 0.777. The van der Waals surface area contributed by atoms with Gasteiger partial charge in [-0.2, -0.15) is 5.10 Å². The van der Waals surface area contributed by atoms with E-state index in [1.165, 1.54) is 22.4 Å². The summed E-state index contributed by atoms with van der Waals surface area (Å²) in [5.74, 6) is 0.617. The number of rotatable bonds is 1. The standard InChI is InChI=1S/C14H17N3.C2H6/c1-10-8-16(2)14-5-4-11(6-13(10)14)12-7-15-17(3)9-12;1-2/h4-7,9-10H,8H2,1-3H3;1-2H3/t10-;/m0./s1. The molecule has 0 fully saturated rings. The number of aryl methyl sites for hydroxylation is 1. The Kier molecular flexibility index (Phi) is 3.93. The summed E-state index contributed by atoms with van der Waals surface area (Å²) < 4.78 is 1.85. The van der Waals surface area contributed by atoms with Crippen LogP contribution in [0.5, 0.6) is 0 Å². The van der Waals surface area contributed by atoms with E-state index >= 15 is 0 Å². The maximum absolute atomic E-state index is 4.23. The van der Waals surface area contributed by atoms with Crippen LogP contribution in [-0.4, -0.2) is 23.4 Å². The number of fused-ring (bicyclic) bond motifs is 1. The lowest BCUT2D eigenvalue weighted by Crippen LogP contribution is -2.13. The zero-order valence-electron chi connectivity index (χ0n) is 12.5. The first-order valence-corrected chi connectivity index (χ1v) is 6.99. The molecule has 0 spiro atoms. The van der Waals surface area contributed by atoms with Crippen molar-refractivity contribution in [3.63, 3.8) is 0 Å². The summed E-state index contributed by atoms with van der Waals surface area (Å²) in [6.45, 7) is 7.40. The van der Waals surface area contributed by atoms with Gasteiger partial charge in [-0.1, -0.05) is 26.8 Å². The van der Waals surface area contributed by atoms with Crippen molar-refractivity contribution in [2.24, 2.45) is 7.05 Å². The zero-order chi connectivity index (χ0) is 14.0. The van der Waals surface area contributed by atoms with Gasteiger partial charge >= 0.3 is 0 Å². The fourth-order valence-corrected chi connectivity index (χ4v) is 2.65. The minimum Gasteiger partial charge on any atom is -0.374 e. The maximum atomic E-state index is 4.23. The Morgan fingerprint density at radius 2 is 1.89 bits per heavy atom. The van der Waals surface area contributed by atoms with E-state index in [0.717, 1.165) is 6.54 Å². The highest BCUT2D eigenvalue weighted by Crippen LogP contribution is 2.37. The second kappa shape index (κ2) is 5.47. The minimum absolute atomic E-state index is 0.617. The van der Waals surface area contributed by atoms with Gasteiger partial charge in [0, 0.05) is 44.0 Å². The average Bonchev–Trinajstić information content (AvgIpc) is 2.97. The molecule has 2 heterocycles. The molecule has 0 saturated carbocycles. The van der Waals surface area contributed by atoms with E-state index in [2.05, 4.69) is 48.4 Å². The molecule has 0 saturated heterocycles. The van der Waals surface area contributed by atoms with E-state index in [-0.39, 0.29) is 0 Å². The van der Waals surface area contributed by atoms with Crippen molar-refractivity contribution in [2.45, 2.75) is 26.7 Å². The van der Waals surface area contributed by atoms with E-state index < -0.39 is 0 Å². The van der Waals surface area contributed by atoms with Crippen LogP contribution in [0.4, 0.5) is 5.69 Å². The monoisotopic (exact) mass is 257 g/mol. The molecule has 2 aromatic rings. The van der Waals surface area contributed by atoms with Gasteiger partial charge in [0.1, 0.15) is 0 Å². The number of anilines is 1. The molecule has 3 nitrogen and oxygen atoms in total. The number of likely N-dealkylation sites (N-methyl/N-ethyl adjacent to an activating group) is 1.